The van der Waals surface area contributed by atoms with Gasteiger partial charge in [-0.3, -0.25) is 14.9 Å². The Balaban J connectivity index is 3.43. The van der Waals surface area contributed by atoms with Gasteiger partial charge in [-0.15, -0.1) is 12.6 Å². The molecule has 6 heteroatoms. The van der Waals surface area contributed by atoms with E-state index in [0.717, 1.165) is 0 Å². The molecule has 0 radical (unpaired) electrons. The number of nitro benzene ring substituents is 1. The topological polar surface area (TPSA) is 60.2 Å². The number of benzene rings is 1. The quantitative estimate of drug-likeness (QED) is 0.358. The van der Waals surface area contributed by atoms with Crippen LogP contribution in [0.4, 0.5) is 5.69 Å². The first kappa shape index (κ1) is 10.0. The van der Waals surface area contributed by atoms with Crippen LogP contribution >= 0.6 is 24.2 Å². The highest BCUT2D eigenvalue weighted by atomic mass is 35.5. The van der Waals surface area contributed by atoms with Gasteiger partial charge in [0, 0.05) is 0 Å². The predicted octanol–water partition coefficient (Wildman–Crippen LogP) is 2.26. The third kappa shape index (κ3) is 1.99. The van der Waals surface area contributed by atoms with Crippen molar-refractivity contribution in [2.45, 2.75) is 4.90 Å². The Bertz CT molecular complexity index is 380. The molecule has 0 spiro atoms. The number of thiol groups is 1. The van der Waals surface area contributed by atoms with Gasteiger partial charge in [0.05, 0.1) is 9.82 Å². The molecule has 0 saturated carbocycles. The Kier molecular flexibility index (Phi) is 2.90. The summed E-state index contributed by atoms with van der Waals surface area (Å²) in [5.41, 5.74) is -0.495. The Morgan fingerprint density at radius 1 is 1.54 bits per heavy atom. The van der Waals surface area contributed by atoms with Crippen molar-refractivity contribution in [2.24, 2.45) is 0 Å². The summed E-state index contributed by atoms with van der Waals surface area (Å²) in [5.74, 6) is 0. The average molecular weight is 218 g/mol. The van der Waals surface area contributed by atoms with E-state index >= 15 is 0 Å². The molecule has 0 aliphatic rings. The summed E-state index contributed by atoms with van der Waals surface area (Å²) in [6.07, 6.45) is 0. The average Bonchev–Trinajstić information content (AvgIpc) is 2.02. The van der Waals surface area contributed by atoms with E-state index in [4.69, 9.17) is 11.6 Å². The third-order valence-corrected chi connectivity index (χ3v) is 1.97. The molecule has 0 heterocycles. The fraction of sp³-hybridized carbons (Fsp3) is 0. The fourth-order valence-corrected chi connectivity index (χ4v) is 1.32. The van der Waals surface area contributed by atoms with E-state index < -0.39 is 10.2 Å². The Labute approximate surface area is 84.1 Å². The van der Waals surface area contributed by atoms with E-state index in [-0.39, 0.29) is 16.1 Å². The standard InChI is InChI=1S/C7H4ClNO3S/c8-7(10)4-2-1-3-5(13)6(4)9(11)12/h1-3,13H. The Morgan fingerprint density at radius 3 is 2.54 bits per heavy atom. The van der Waals surface area contributed by atoms with Crippen LogP contribution in [-0.2, 0) is 0 Å². The van der Waals surface area contributed by atoms with Gasteiger partial charge in [-0.1, -0.05) is 6.07 Å². The van der Waals surface area contributed by atoms with Crippen LogP contribution in [0.3, 0.4) is 0 Å². The fourth-order valence-electron chi connectivity index (χ4n) is 0.882. The van der Waals surface area contributed by atoms with E-state index in [1.807, 2.05) is 0 Å². The number of carbonyl (C=O) groups excluding carboxylic acids is 1. The van der Waals surface area contributed by atoms with E-state index in [1.54, 1.807) is 0 Å². The summed E-state index contributed by atoms with van der Waals surface area (Å²) in [5, 5.41) is 9.63. The van der Waals surface area contributed by atoms with Gasteiger partial charge in [0.1, 0.15) is 5.56 Å². The van der Waals surface area contributed by atoms with Crippen molar-refractivity contribution in [1.29, 1.82) is 0 Å². The molecule has 0 bridgehead atoms. The molecule has 0 aliphatic heterocycles. The lowest BCUT2D eigenvalue weighted by Gasteiger charge is -1.98. The molecule has 0 aliphatic carbocycles. The first-order valence-corrected chi connectivity index (χ1v) is 4.02. The number of nitrogens with zero attached hydrogens (tertiary/aromatic N) is 1. The maximum absolute atomic E-state index is 10.7. The number of rotatable bonds is 2. The van der Waals surface area contributed by atoms with E-state index in [0.29, 0.717) is 0 Å². The smallest absolute Gasteiger partial charge is 0.275 e. The van der Waals surface area contributed by atoms with Gasteiger partial charge >= 0.3 is 0 Å². The Hall–Kier alpha value is -1.07. The van der Waals surface area contributed by atoms with Crippen LogP contribution in [0.5, 0.6) is 0 Å². The van der Waals surface area contributed by atoms with Gasteiger partial charge in [-0.2, -0.15) is 0 Å². The molecular weight excluding hydrogens is 214 g/mol. The molecule has 1 aromatic carbocycles. The van der Waals surface area contributed by atoms with Crippen molar-refractivity contribution in [3.05, 3.63) is 33.9 Å². The molecule has 0 N–H and O–H groups in total. The molecule has 4 nitrogen and oxygen atoms in total. The molecule has 0 fully saturated rings. The van der Waals surface area contributed by atoms with Crippen LogP contribution in [0.15, 0.2) is 23.1 Å². The highest BCUT2D eigenvalue weighted by Gasteiger charge is 2.21. The Morgan fingerprint density at radius 2 is 2.15 bits per heavy atom. The van der Waals surface area contributed by atoms with Gasteiger partial charge < -0.3 is 0 Å². The second-order valence-corrected chi connectivity index (χ2v) is 3.03. The first-order chi connectivity index (χ1) is 6.04. The summed E-state index contributed by atoms with van der Waals surface area (Å²) in [4.78, 5) is 20.7. The van der Waals surface area contributed by atoms with Gasteiger partial charge in [-0.05, 0) is 23.7 Å². The SMILES string of the molecule is O=C(Cl)c1cccc(S)c1[N+](=O)[O-]. The first-order valence-electron chi connectivity index (χ1n) is 3.20. The largest absolute Gasteiger partial charge is 0.294 e. The molecular formula is C7H4ClNO3S. The van der Waals surface area contributed by atoms with E-state index in [9.17, 15) is 14.9 Å². The van der Waals surface area contributed by atoms with E-state index in [1.165, 1.54) is 18.2 Å². The summed E-state index contributed by atoms with van der Waals surface area (Å²) < 4.78 is 0. The zero-order valence-corrected chi connectivity index (χ0v) is 7.88. The number of nitro groups is 1. The molecule has 1 rings (SSSR count). The molecule has 0 aromatic heterocycles. The second-order valence-electron chi connectivity index (χ2n) is 2.20. The van der Waals surface area contributed by atoms with Crippen LogP contribution in [-0.4, -0.2) is 10.2 Å². The highest BCUT2D eigenvalue weighted by Crippen LogP contribution is 2.27. The van der Waals surface area contributed by atoms with Crippen molar-refractivity contribution >= 4 is 35.2 Å². The molecule has 68 valence electrons. The van der Waals surface area contributed by atoms with Gasteiger partial charge in [-0.25, -0.2) is 0 Å². The summed E-state index contributed by atoms with van der Waals surface area (Å²) in [7, 11) is 0. The number of para-hydroxylation sites is 1. The van der Waals surface area contributed by atoms with Crippen molar-refractivity contribution in [2.75, 3.05) is 0 Å². The minimum absolute atomic E-state index is 0.122. The second kappa shape index (κ2) is 3.76. The van der Waals surface area contributed by atoms with Gasteiger partial charge in [0.15, 0.2) is 0 Å². The van der Waals surface area contributed by atoms with Crippen LogP contribution in [0.1, 0.15) is 10.4 Å². The maximum Gasteiger partial charge on any atom is 0.294 e. The maximum atomic E-state index is 10.7. The number of hydrogen-bond donors (Lipinski definition) is 1. The summed E-state index contributed by atoms with van der Waals surface area (Å²) >= 11 is 9.00. The zero-order chi connectivity index (χ0) is 10.0. The lowest BCUT2D eigenvalue weighted by atomic mass is 10.2. The molecule has 0 amide bonds. The molecule has 1 aromatic rings. The predicted molar refractivity (Wildman–Crippen MR) is 50.5 cm³/mol. The van der Waals surface area contributed by atoms with Crippen LogP contribution in [0.25, 0.3) is 0 Å². The lowest BCUT2D eigenvalue weighted by molar-refractivity contribution is -0.387. The number of carbonyl (C=O) groups is 1. The van der Waals surface area contributed by atoms with Crippen LogP contribution in [0, 0.1) is 10.1 Å². The van der Waals surface area contributed by atoms with Crippen molar-refractivity contribution in [1.82, 2.24) is 0 Å². The van der Waals surface area contributed by atoms with Gasteiger partial charge in [0.2, 0.25) is 0 Å². The monoisotopic (exact) mass is 217 g/mol. The minimum atomic E-state index is -0.859. The molecule has 13 heavy (non-hydrogen) atoms. The minimum Gasteiger partial charge on any atom is -0.275 e. The van der Waals surface area contributed by atoms with E-state index in [2.05, 4.69) is 12.6 Å². The summed E-state index contributed by atoms with van der Waals surface area (Å²) in [6, 6.07) is 4.18. The summed E-state index contributed by atoms with van der Waals surface area (Å²) in [6.45, 7) is 0. The lowest BCUT2D eigenvalue weighted by Crippen LogP contribution is -1.99. The van der Waals surface area contributed by atoms with Crippen molar-refractivity contribution in [3.63, 3.8) is 0 Å². The van der Waals surface area contributed by atoms with Gasteiger partial charge in [0.25, 0.3) is 10.9 Å². The molecule has 0 saturated heterocycles. The normalized spacial score (nSPS) is 9.69. The van der Waals surface area contributed by atoms with Crippen molar-refractivity contribution in [3.8, 4) is 0 Å². The molecule has 0 atom stereocenters. The van der Waals surface area contributed by atoms with Crippen molar-refractivity contribution < 1.29 is 9.72 Å². The third-order valence-electron chi connectivity index (χ3n) is 1.41. The molecule has 0 unspecified atom stereocenters. The number of hydrogen-bond acceptors (Lipinski definition) is 4. The zero-order valence-electron chi connectivity index (χ0n) is 6.23. The van der Waals surface area contributed by atoms with Crippen LogP contribution in [0.2, 0.25) is 0 Å². The number of halogens is 1. The van der Waals surface area contributed by atoms with Crippen LogP contribution < -0.4 is 0 Å². The highest BCUT2D eigenvalue weighted by molar-refractivity contribution is 7.80.